The predicted octanol–water partition coefficient (Wildman–Crippen LogP) is -0.0552. The number of alkyl halides is 1. The van der Waals surface area contributed by atoms with Gasteiger partial charge in [0.15, 0.2) is 0 Å². The molecule has 1 rings (SSSR count). The number of carbonyl (C=O) groups excluding carboxylic acids is 1. The Morgan fingerprint density at radius 2 is 1.90 bits per heavy atom. The summed E-state index contributed by atoms with van der Waals surface area (Å²) in [6, 6.07) is 0. The van der Waals surface area contributed by atoms with E-state index in [0.717, 1.165) is 0 Å². The normalized spacial score (nSPS) is 19.8. The monoisotopic (exact) mass is 325 g/mol. The highest BCUT2D eigenvalue weighted by atomic mass is 35.5. The first-order valence-corrected chi connectivity index (χ1v) is 9.06. The van der Waals surface area contributed by atoms with E-state index in [4.69, 9.17) is 11.6 Å². The molecule has 0 aromatic rings. The predicted molar refractivity (Wildman–Crippen MR) is 80.4 cm³/mol. The maximum absolute atomic E-state index is 12.2. The maximum Gasteiger partial charge on any atom is 0.234 e. The lowest BCUT2D eigenvalue weighted by Gasteiger charge is -2.33. The third kappa shape index (κ3) is 5.55. The smallest absolute Gasteiger partial charge is 0.234 e. The van der Waals surface area contributed by atoms with Gasteiger partial charge in [-0.1, -0.05) is 6.92 Å². The Morgan fingerprint density at radius 3 is 2.40 bits per heavy atom. The fourth-order valence-electron chi connectivity index (χ4n) is 2.13. The zero-order valence-corrected chi connectivity index (χ0v) is 13.7. The van der Waals surface area contributed by atoms with E-state index in [1.807, 2.05) is 18.7 Å². The van der Waals surface area contributed by atoms with Crippen molar-refractivity contribution in [2.75, 3.05) is 50.9 Å². The third-order valence-corrected chi connectivity index (χ3v) is 5.89. The minimum atomic E-state index is -3.24. The standard InChI is InChI=1S/C12H24ClN3O3S/c1-3-14-12(17)9-15-4-6-16(7-5-15)20(18,19)10-11(2)8-13/h11H,3-10H2,1-2H3,(H,14,17). The van der Waals surface area contributed by atoms with E-state index in [9.17, 15) is 13.2 Å². The number of rotatable bonds is 7. The summed E-state index contributed by atoms with van der Waals surface area (Å²) in [5.74, 6) is 0.373. The van der Waals surface area contributed by atoms with Gasteiger partial charge < -0.3 is 5.32 Å². The molecule has 1 saturated heterocycles. The van der Waals surface area contributed by atoms with Crippen molar-refractivity contribution in [2.45, 2.75) is 13.8 Å². The van der Waals surface area contributed by atoms with E-state index in [2.05, 4.69) is 5.32 Å². The Kier molecular flexibility index (Phi) is 7.22. The highest BCUT2D eigenvalue weighted by molar-refractivity contribution is 7.89. The summed E-state index contributed by atoms with van der Waals surface area (Å²) in [4.78, 5) is 13.4. The van der Waals surface area contributed by atoms with E-state index >= 15 is 0 Å². The van der Waals surface area contributed by atoms with Crippen LogP contribution in [0.15, 0.2) is 0 Å². The number of carbonyl (C=O) groups is 1. The molecule has 0 aromatic heterocycles. The lowest BCUT2D eigenvalue weighted by atomic mass is 10.3. The van der Waals surface area contributed by atoms with Crippen LogP contribution in [0.1, 0.15) is 13.8 Å². The Morgan fingerprint density at radius 1 is 1.30 bits per heavy atom. The van der Waals surface area contributed by atoms with E-state index in [0.29, 0.717) is 45.1 Å². The van der Waals surface area contributed by atoms with Crippen molar-refractivity contribution < 1.29 is 13.2 Å². The van der Waals surface area contributed by atoms with Gasteiger partial charge in [-0.15, -0.1) is 11.6 Å². The molecular weight excluding hydrogens is 302 g/mol. The van der Waals surface area contributed by atoms with Gasteiger partial charge in [0, 0.05) is 38.6 Å². The van der Waals surface area contributed by atoms with Crippen molar-refractivity contribution in [3.05, 3.63) is 0 Å². The second kappa shape index (κ2) is 8.17. The molecule has 8 heteroatoms. The van der Waals surface area contributed by atoms with Crippen molar-refractivity contribution in [1.29, 1.82) is 0 Å². The Labute approximate surface area is 126 Å². The first-order valence-electron chi connectivity index (χ1n) is 6.92. The number of nitrogens with zero attached hydrogens (tertiary/aromatic N) is 2. The molecule has 118 valence electrons. The summed E-state index contributed by atoms with van der Waals surface area (Å²) in [7, 11) is -3.24. The second-order valence-corrected chi connectivity index (χ2v) is 7.49. The zero-order chi connectivity index (χ0) is 15.2. The van der Waals surface area contributed by atoms with Gasteiger partial charge in [-0.3, -0.25) is 9.69 Å². The van der Waals surface area contributed by atoms with E-state index < -0.39 is 10.0 Å². The number of hydrogen-bond acceptors (Lipinski definition) is 4. The molecule has 0 bridgehead atoms. The summed E-state index contributed by atoms with van der Waals surface area (Å²) in [5.41, 5.74) is 0. The Balaban J connectivity index is 2.43. The van der Waals surface area contributed by atoms with Crippen LogP contribution in [0.3, 0.4) is 0 Å². The number of piperazine rings is 1. The molecule has 0 aliphatic carbocycles. The molecular formula is C12H24ClN3O3S. The molecule has 1 amide bonds. The van der Waals surface area contributed by atoms with Crippen LogP contribution in [-0.2, 0) is 14.8 Å². The second-order valence-electron chi connectivity index (χ2n) is 5.17. The van der Waals surface area contributed by atoms with Gasteiger partial charge in [0.05, 0.1) is 12.3 Å². The molecule has 1 atom stereocenters. The van der Waals surface area contributed by atoms with E-state index in [1.165, 1.54) is 4.31 Å². The number of hydrogen-bond donors (Lipinski definition) is 1. The van der Waals surface area contributed by atoms with E-state index in [-0.39, 0.29) is 17.6 Å². The SMILES string of the molecule is CCNC(=O)CN1CCN(S(=O)(=O)CC(C)CCl)CC1. The number of nitrogens with one attached hydrogen (secondary N) is 1. The van der Waals surface area contributed by atoms with Gasteiger partial charge in [0.2, 0.25) is 15.9 Å². The number of likely N-dealkylation sites (N-methyl/N-ethyl adjacent to an activating group) is 1. The molecule has 1 N–H and O–H groups in total. The molecule has 1 fully saturated rings. The summed E-state index contributed by atoms with van der Waals surface area (Å²) < 4.78 is 25.8. The van der Waals surface area contributed by atoms with Gasteiger partial charge >= 0.3 is 0 Å². The number of amides is 1. The van der Waals surface area contributed by atoms with Gasteiger partial charge in [0.1, 0.15) is 0 Å². The van der Waals surface area contributed by atoms with Crippen LogP contribution in [0, 0.1) is 5.92 Å². The molecule has 6 nitrogen and oxygen atoms in total. The highest BCUT2D eigenvalue weighted by Crippen LogP contribution is 2.12. The Hall–Kier alpha value is -0.370. The minimum absolute atomic E-state index is 0.0143. The summed E-state index contributed by atoms with van der Waals surface area (Å²) in [6.45, 7) is 6.71. The van der Waals surface area contributed by atoms with Crippen LogP contribution in [-0.4, -0.2) is 74.4 Å². The molecule has 20 heavy (non-hydrogen) atoms. The number of halogens is 1. The quantitative estimate of drug-likeness (QED) is 0.666. The van der Waals surface area contributed by atoms with Crippen LogP contribution in [0.2, 0.25) is 0 Å². The van der Waals surface area contributed by atoms with Gasteiger partial charge in [0.25, 0.3) is 0 Å². The molecule has 0 saturated carbocycles. The van der Waals surface area contributed by atoms with E-state index in [1.54, 1.807) is 0 Å². The van der Waals surface area contributed by atoms with Crippen molar-refractivity contribution in [1.82, 2.24) is 14.5 Å². The summed E-state index contributed by atoms with van der Waals surface area (Å²) in [5, 5.41) is 2.74. The van der Waals surface area contributed by atoms with Gasteiger partial charge in [-0.2, -0.15) is 4.31 Å². The zero-order valence-electron chi connectivity index (χ0n) is 12.1. The van der Waals surface area contributed by atoms with Crippen LogP contribution >= 0.6 is 11.6 Å². The van der Waals surface area contributed by atoms with Crippen LogP contribution < -0.4 is 5.32 Å². The van der Waals surface area contributed by atoms with Crippen LogP contribution in [0.4, 0.5) is 0 Å². The third-order valence-electron chi connectivity index (χ3n) is 3.22. The van der Waals surface area contributed by atoms with Crippen molar-refractivity contribution in [3.8, 4) is 0 Å². The molecule has 0 aromatic carbocycles. The molecule has 1 heterocycles. The average molecular weight is 326 g/mol. The fraction of sp³-hybridized carbons (Fsp3) is 0.917. The molecule has 1 unspecified atom stereocenters. The topological polar surface area (TPSA) is 69.7 Å². The number of sulfonamides is 1. The lowest BCUT2D eigenvalue weighted by molar-refractivity contribution is -0.122. The molecule has 0 radical (unpaired) electrons. The summed E-state index contributed by atoms with van der Waals surface area (Å²) >= 11 is 5.67. The first kappa shape index (κ1) is 17.7. The average Bonchev–Trinajstić information content (AvgIpc) is 2.39. The van der Waals surface area contributed by atoms with Crippen molar-refractivity contribution in [3.63, 3.8) is 0 Å². The molecule has 0 spiro atoms. The van der Waals surface area contributed by atoms with Gasteiger partial charge in [-0.05, 0) is 12.8 Å². The maximum atomic E-state index is 12.2. The highest BCUT2D eigenvalue weighted by Gasteiger charge is 2.28. The van der Waals surface area contributed by atoms with Crippen molar-refractivity contribution in [2.24, 2.45) is 5.92 Å². The van der Waals surface area contributed by atoms with Crippen molar-refractivity contribution >= 4 is 27.5 Å². The summed E-state index contributed by atoms with van der Waals surface area (Å²) in [6.07, 6.45) is 0. The first-order chi connectivity index (χ1) is 9.39. The largest absolute Gasteiger partial charge is 0.355 e. The Bertz CT molecular complexity index is 408. The van der Waals surface area contributed by atoms with Crippen LogP contribution in [0.25, 0.3) is 0 Å². The van der Waals surface area contributed by atoms with Gasteiger partial charge in [-0.25, -0.2) is 8.42 Å². The minimum Gasteiger partial charge on any atom is -0.355 e. The lowest BCUT2D eigenvalue weighted by Crippen LogP contribution is -2.51. The fourth-order valence-corrected chi connectivity index (χ4v) is 4.14. The van der Waals surface area contributed by atoms with Crippen LogP contribution in [0.5, 0.6) is 0 Å². The molecule has 1 aliphatic heterocycles. The molecule has 1 aliphatic rings.